The molecule has 4 heteroatoms. The van der Waals surface area contributed by atoms with Crippen LogP contribution < -0.4 is 15.4 Å². The lowest BCUT2D eigenvalue weighted by Crippen LogP contribution is -2.29. The zero-order valence-electron chi connectivity index (χ0n) is 11.6. The van der Waals surface area contributed by atoms with Crippen molar-refractivity contribution in [2.45, 2.75) is 26.4 Å². The van der Waals surface area contributed by atoms with Gasteiger partial charge in [-0.2, -0.15) is 0 Å². The molecule has 0 saturated carbocycles. The average molecular weight is 262 g/mol. The van der Waals surface area contributed by atoms with Gasteiger partial charge in [-0.3, -0.25) is 4.79 Å². The summed E-state index contributed by atoms with van der Waals surface area (Å²) >= 11 is 0. The minimum Gasteiger partial charge on any atom is -0.491 e. The van der Waals surface area contributed by atoms with Crippen LogP contribution in [0.5, 0.6) is 5.75 Å². The van der Waals surface area contributed by atoms with Crippen molar-refractivity contribution in [1.82, 2.24) is 5.32 Å². The summed E-state index contributed by atoms with van der Waals surface area (Å²) in [5, 5.41) is 5.75. The fourth-order valence-electron chi connectivity index (χ4n) is 1.40. The Labute approximate surface area is 114 Å². The highest BCUT2D eigenvalue weighted by molar-refractivity contribution is 5.80. The number of rotatable bonds is 8. The van der Waals surface area contributed by atoms with E-state index in [0.29, 0.717) is 6.54 Å². The van der Waals surface area contributed by atoms with E-state index in [2.05, 4.69) is 24.1 Å². The minimum absolute atomic E-state index is 0.0557. The zero-order chi connectivity index (χ0) is 14.1. The maximum Gasteiger partial charge on any atom is 0.239 e. The first-order valence-corrected chi connectivity index (χ1v) is 6.54. The van der Waals surface area contributed by atoms with Crippen LogP contribution >= 0.6 is 0 Å². The van der Waals surface area contributed by atoms with Crippen molar-refractivity contribution < 1.29 is 9.53 Å². The highest BCUT2D eigenvalue weighted by Crippen LogP contribution is 2.17. The third-order valence-corrected chi connectivity index (χ3v) is 2.66. The lowest BCUT2D eigenvalue weighted by Gasteiger charge is -2.13. The van der Waals surface area contributed by atoms with E-state index in [1.165, 1.54) is 0 Å². The summed E-state index contributed by atoms with van der Waals surface area (Å²) in [5.41, 5.74) is 0.894. The fraction of sp³-hybridized carbons (Fsp3) is 0.400. The summed E-state index contributed by atoms with van der Waals surface area (Å²) < 4.78 is 5.68. The molecule has 1 aromatic carbocycles. The maximum atomic E-state index is 11.4. The van der Waals surface area contributed by atoms with Crippen LogP contribution in [-0.4, -0.2) is 25.1 Å². The maximum absolute atomic E-state index is 11.4. The molecule has 2 N–H and O–H groups in total. The second-order valence-electron chi connectivity index (χ2n) is 4.31. The molecule has 0 bridgehead atoms. The molecule has 0 aliphatic heterocycles. The number of carbonyl (C=O) groups excluding carboxylic acids is 1. The van der Waals surface area contributed by atoms with Gasteiger partial charge in [-0.25, -0.2) is 0 Å². The van der Waals surface area contributed by atoms with E-state index >= 15 is 0 Å². The van der Waals surface area contributed by atoms with E-state index in [9.17, 15) is 4.79 Å². The normalized spacial score (nSPS) is 11.5. The van der Waals surface area contributed by atoms with Crippen LogP contribution in [0.25, 0.3) is 0 Å². The number of hydrogen-bond acceptors (Lipinski definition) is 3. The molecule has 1 unspecified atom stereocenters. The van der Waals surface area contributed by atoms with Gasteiger partial charge in [0, 0.05) is 12.2 Å². The van der Waals surface area contributed by atoms with Gasteiger partial charge in [0.25, 0.3) is 0 Å². The molecule has 0 radical (unpaired) electrons. The Kier molecular flexibility index (Phi) is 6.50. The second kappa shape index (κ2) is 8.19. The molecule has 1 atom stereocenters. The summed E-state index contributed by atoms with van der Waals surface area (Å²) in [4.78, 5) is 11.4. The Hall–Kier alpha value is -1.97. The summed E-state index contributed by atoms with van der Waals surface area (Å²) in [5.74, 6) is 0.788. The Morgan fingerprint density at radius 2 is 2.11 bits per heavy atom. The smallest absolute Gasteiger partial charge is 0.239 e. The highest BCUT2D eigenvalue weighted by Gasteiger charge is 2.02. The molecule has 0 saturated heterocycles. The molecule has 0 spiro atoms. The molecule has 0 aliphatic carbocycles. The van der Waals surface area contributed by atoms with Crippen LogP contribution in [0.1, 0.15) is 20.3 Å². The number of amides is 1. The first kappa shape index (κ1) is 15.1. The molecule has 0 fully saturated rings. The summed E-state index contributed by atoms with van der Waals surface area (Å²) in [6.07, 6.45) is 2.84. The van der Waals surface area contributed by atoms with Crippen molar-refractivity contribution >= 4 is 11.6 Å². The lowest BCUT2D eigenvalue weighted by atomic mass is 10.3. The third kappa shape index (κ3) is 5.95. The molecule has 19 heavy (non-hydrogen) atoms. The molecular formula is C15H22N2O2. The lowest BCUT2D eigenvalue weighted by molar-refractivity contribution is -0.119. The summed E-state index contributed by atoms with van der Waals surface area (Å²) in [7, 11) is 0. The van der Waals surface area contributed by atoms with Gasteiger partial charge in [-0.05, 0) is 37.6 Å². The van der Waals surface area contributed by atoms with E-state index in [1.54, 1.807) is 6.08 Å². The molecule has 0 aromatic heterocycles. The van der Waals surface area contributed by atoms with Crippen molar-refractivity contribution in [3.05, 3.63) is 36.9 Å². The number of carbonyl (C=O) groups is 1. The molecule has 0 aliphatic rings. The SMILES string of the molecule is C=CCNC(=O)CNc1ccc(OC(C)CC)cc1. The minimum atomic E-state index is -0.0557. The van der Waals surface area contributed by atoms with Gasteiger partial charge < -0.3 is 15.4 Å². The summed E-state index contributed by atoms with van der Waals surface area (Å²) in [6.45, 7) is 8.40. The first-order chi connectivity index (χ1) is 9.15. The Morgan fingerprint density at radius 3 is 2.68 bits per heavy atom. The topological polar surface area (TPSA) is 50.4 Å². The first-order valence-electron chi connectivity index (χ1n) is 6.54. The van der Waals surface area contributed by atoms with Gasteiger partial charge in [-0.1, -0.05) is 13.0 Å². The van der Waals surface area contributed by atoms with Crippen LogP contribution in [0, 0.1) is 0 Å². The van der Waals surface area contributed by atoms with Gasteiger partial charge in [-0.15, -0.1) is 6.58 Å². The molecule has 4 nitrogen and oxygen atoms in total. The molecule has 1 amide bonds. The monoisotopic (exact) mass is 262 g/mol. The van der Waals surface area contributed by atoms with Crippen molar-refractivity contribution in [2.24, 2.45) is 0 Å². The number of benzene rings is 1. The quantitative estimate of drug-likeness (QED) is 0.708. The van der Waals surface area contributed by atoms with Gasteiger partial charge in [0.15, 0.2) is 0 Å². The molecule has 104 valence electrons. The van der Waals surface area contributed by atoms with Crippen LogP contribution in [0.4, 0.5) is 5.69 Å². The third-order valence-electron chi connectivity index (χ3n) is 2.66. The molecular weight excluding hydrogens is 240 g/mol. The van der Waals surface area contributed by atoms with E-state index in [4.69, 9.17) is 4.74 Å². The zero-order valence-corrected chi connectivity index (χ0v) is 11.6. The van der Waals surface area contributed by atoms with Gasteiger partial charge in [0.1, 0.15) is 5.75 Å². The Bertz CT molecular complexity index is 401. The van der Waals surface area contributed by atoms with E-state index < -0.39 is 0 Å². The van der Waals surface area contributed by atoms with Gasteiger partial charge in [0.2, 0.25) is 5.91 Å². The van der Waals surface area contributed by atoms with Gasteiger partial charge >= 0.3 is 0 Å². The largest absolute Gasteiger partial charge is 0.491 e. The Morgan fingerprint density at radius 1 is 1.42 bits per heavy atom. The predicted molar refractivity (Wildman–Crippen MR) is 78.5 cm³/mol. The number of nitrogens with one attached hydrogen (secondary N) is 2. The molecule has 0 heterocycles. The van der Waals surface area contributed by atoms with Crippen LogP contribution in [0.15, 0.2) is 36.9 Å². The molecule has 1 aromatic rings. The Balaban J connectivity index is 2.39. The average Bonchev–Trinajstić information content (AvgIpc) is 2.44. The second-order valence-corrected chi connectivity index (χ2v) is 4.31. The van der Waals surface area contributed by atoms with Crippen LogP contribution in [-0.2, 0) is 4.79 Å². The number of hydrogen-bond donors (Lipinski definition) is 2. The van der Waals surface area contributed by atoms with Crippen LogP contribution in [0.2, 0.25) is 0 Å². The standard InChI is InChI=1S/C15H22N2O2/c1-4-10-16-15(18)11-17-13-6-8-14(9-7-13)19-12(3)5-2/h4,6-9,12,17H,1,5,10-11H2,2-3H3,(H,16,18). The fourth-order valence-corrected chi connectivity index (χ4v) is 1.40. The van der Waals surface area contributed by atoms with Crippen molar-refractivity contribution in [2.75, 3.05) is 18.4 Å². The molecule has 1 rings (SSSR count). The van der Waals surface area contributed by atoms with Gasteiger partial charge in [0.05, 0.1) is 12.6 Å². The van der Waals surface area contributed by atoms with Crippen molar-refractivity contribution in [1.29, 1.82) is 0 Å². The number of anilines is 1. The van der Waals surface area contributed by atoms with E-state index in [1.807, 2.05) is 31.2 Å². The van der Waals surface area contributed by atoms with E-state index in [-0.39, 0.29) is 18.6 Å². The van der Waals surface area contributed by atoms with Crippen molar-refractivity contribution in [3.63, 3.8) is 0 Å². The summed E-state index contributed by atoms with van der Waals surface area (Å²) in [6, 6.07) is 7.60. The van der Waals surface area contributed by atoms with Crippen LogP contribution in [0.3, 0.4) is 0 Å². The number of ether oxygens (including phenoxy) is 1. The van der Waals surface area contributed by atoms with E-state index in [0.717, 1.165) is 17.9 Å². The predicted octanol–water partition coefficient (Wildman–Crippen LogP) is 2.58. The van der Waals surface area contributed by atoms with Crippen molar-refractivity contribution in [3.8, 4) is 5.75 Å². The highest BCUT2D eigenvalue weighted by atomic mass is 16.5.